The molecule has 10 heavy (non-hydrogen) atoms. The van der Waals surface area contributed by atoms with Crippen LogP contribution in [0, 0.1) is 0 Å². The number of fused-ring (bicyclic) bond motifs is 1. The summed E-state index contributed by atoms with van der Waals surface area (Å²) in [5.74, 6) is 0. The number of para-hydroxylation sites is 1. The quantitative estimate of drug-likeness (QED) is 0.572. The Bertz CT molecular complexity index is 355. The lowest BCUT2D eigenvalue weighted by Gasteiger charge is -1.85. The van der Waals surface area contributed by atoms with Crippen LogP contribution < -0.4 is 0 Å². The van der Waals surface area contributed by atoms with Gasteiger partial charge in [-0.2, -0.15) is 4.09 Å². The molecule has 0 saturated carbocycles. The molecule has 0 unspecified atom stereocenters. The number of nitrogens with zero attached hydrogens (tertiary/aromatic N) is 3. The molecule has 0 atom stereocenters. The van der Waals surface area contributed by atoms with Crippen molar-refractivity contribution in [2.75, 3.05) is 0 Å². The molecule has 0 N–H and O–H groups in total. The van der Waals surface area contributed by atoms with Crippen LogP contribution in [-0.2, 0) is 0 Å². The summed E-state index contributed by atoms with van der Waals surface area (Å²) >= 11 is 4.04. The van der Waals surface area contributed by atoms with Crippen molar-refractivity contribution < 1.29 is 0 Å². The Balaban J connectivity index is 2.93. The molecule has 0 amide bonds. The minimum Gasteiger partial charge on any atom is -0.189 e. The predicted molar refractivity (Wildman–Crippen MR) is 41.9 cm³/mol. The van der Waals surface area contributed by atoms with Gasteiger partial charge in [0.05, 0.1) is 0 Å². The normalized spacial score (nSPS) is 10.5. The van der Waals surface area contributed by atoms with Crippen molar-refractivity contribution >= 4 is 23.8 Å². The van der Waals surface area contributed by atoms with Crippen molar-refractivity contribution in [3.05, 3.63) is 24.3 Å². The Labute approximate surface area is 63.2 Å². The average Bonchev–Trinajstić information content (AvgIpc) is 2.34. The van der Waals surface area contributed by atoms with Crippen LogP contribution in [0.3, 0.4) is 0 Å². The van der Waals surface area contributed by atoms with Gasteiger partial charge in [-0.15, -0.1) is 5.10 Å². The standard InChI is InChI=1S/C6H5N3S/c10-9-6-4-2-1-3-5(6)7-8-9/h1-4,10H. The van der Waals surface area contributed by atoms with Crippen LogP contribution in [0.15, 0.2) is 24.3 Å². The molecule has 0 aliphatic heterocycles. The Morgan fingerprint density at radius 1 is 1.30 bits per heavy atom. The van der Waals surface area contributed by atoms with E-state index in [1.165, 1.54) is 4.09 Å². The molecule has 0 radical (unpaired) electrons. The Hall–Kier alpha value is -1.03. The van der Waals surface area contributed by atoms with Crippen LogP contribution in [0.5, 0.6) is 0 Å². The fourth-order valence-corrected chi connectivity index (χ4v) is 1.07. The maximum absolute atomic E-state index is 4.04. The van der Waals surface area contributed by atoms with E-state index in [1.807, 2.05) is 24.3 Å². The van der Waals surface area contributed by atoms with Gasteiger partial charge in [0, 0.05) is 0 Å². The second-order valence-electron chi connectivity index (χ2n) is 1.97. The van der Waals surface area contributed by atoms with E-state index in [0.29, 0.717) is 0 Å². The summed E-state index contributed by atoms with van der Waals surface area (Å²) in [6.07, 6.45) is 0. The topological polar surface area (TPSA) is 30.7 Å². The zero-order valence-electron chi connectivity index (χ0n) is 5.10. The predicted octanol–water partition coefficient (Wildman–Crippen LogP) is 1.12. The molecule has 4 heteroatoms. The fourth-order valence-electron chi connectivity index (χ4n) is 0.857. The van der Waals surface area contributed by atoms with Gasteiger partial charge in [0.25, 0.3) is 0 Å². The van der Waals surface area contributed by atoms with Gasteiger partial charge in [-0.25, -0.2) is 0 Å². The van der Waals surface area contributed by atoms with Crippen LogP contribution in [-0.4, -0.2) is 14.4 Å². The summed E-state index contributed by atoms with van der Waals surface area (Å²) < 4.78 is 1.45. The molecule has 0 fully saturated rings. The highest BCUT2D eigenvalue weighted by atomic mass is 32.1. The smallest absolute Gasteiger partial charge is 0.114 e. The third-order valence-corrected chi connectivity index (χ3v) is 1.63. The van der Waals surface area contributed by atoms with E-state index in [0.717, 1.165) is 11.0 Å². The highest BCUT2D eigenvalue weighted by molar-refractivity contribution is 7.78. The Morgan fingerprint density at radius 3 is 2.90 bits per heavy atom. The minimum absolute atomic E-state index is 0.873. The van der Waals surface area contributed by atoms with Crippen molar-refractivity contribution in [3.8, 4) is 0 Å². The first kappa shape index (κ1) is 5.73. The fraction of sp³-hybridized carbons (Fsp3) is 0. The molecular formula is C6H5N3S. The summed E-state index contributed by atoms with van der Waals surface area (Å²) in [4.78, 5) is 0. The van der Waals surface area contributed by atoms with E-state index in [2.05, 4.69) is 23.1 Å². The summed E-state index contributed by atoms with van der Waals surface area (Å²) in [5.41, 5.74) is 1.81. The van der Waals surface area contributed by atoms with Crippen molar-refractivity contribution in [1.29, 1.82) is 0 Å². The number of rotatable bonds is 0. The molecule has 3 nitrogen and oxygen atoms in total. The minimum atomic E-state index is 0.873. The highest BCUT2D eigenvalue weighted by Crippen LogP contribution is 2.09. The van der Waals surface area contributed by atoms with Gasteiger partial charge in [0.15, 0.2) is 0 Å². The molecular weight excluding hydrogens is 146 g/mol. The summed E-state index contributed by atoms with van der Waals surface area (Å²) in [7, 11) is 0. The first-order chi connectivity index (χ1) is 4.88. The molecule has 50 valence electrons. The van der Waals surface area contributed by atoms with Crippen molar-refractivity contribution in [1.82, 2.24) is 14.4 Å². The van der Waals surface area contributed by atoms with Crippen LogP contribution in [0.4, 0.5) is 0 Å². The number of hydrogen-bond donors (Lipinski definition) is 1. The van der Waals surface area contributed by atoms with Gasteiger partial charge in [-0.05, 0) is 24.9 Å². The molecule has 2 rings (SSSR count). The van der Waals surface area contributed by atoms with E-state index in [1.54, 1.807) is 0 Å². The molecule has 1 heterocycles. The van der Waals surface area contributed by atoms with E-state index in [4.69, 9.17) is 0 Å². The van der Waals surface area contributed by atoms with Gasteiger partial charge in [0.1, 0.15) is 11.0 Å². The number of benzene rings is 1. The molecule has 1 aromatic carbocycles. The van der Waals surface area contributed by atoms with Crippen molar-refractivity contribution in [2.45, 2.75) is 0 Å². The molecule has 0 aliphatic rings. The van der Waals surface area contributed by atoms with E-state index >= 15 is 0 Å². The molecule has 2 aromatic rings. The maximum Gasteiger partial charge on any atom is 0.114 e. The number of hydrogen-bond acceptors (Lipinski definition) is 3. The lowest BCUT2D eigenvalue weighted by Crippen LogP contribution is -1.80. The lowest BCUT2D eigenvalue weighted by atomic mass is 10.3. The van der Waals surface area contributed by atoms with Crippen molar-refractivity contribution in [3.63, 3.8) is 0 Å². The van der Waals surface area contributed by atoms with Gasteiger partial charge < -0.3 is 0 Å². The second kappa shape index (κ2) is 1.98. The monoisotopic (exact) mass is 151 g/mol. The van der Waals surface area contributed by atoms with Crippen LogP contribution in [0.1, 0.15) is 0 Å². The van der Waals surface area contributed by atoms with E-state index < -0.39 is 0 Å². The SMILES string of the molecule is Sn1nnc2ccccc21. The number of thiol groups is 1. The number of aromatic nitrogens is 3. The summed E-state index contributed by atoms with van der Waals surface area (Å²) in [6.45, 7) is 0. The molecule has 0 spiro atoms. The third-order valence-electron chi connectivity index (χ3n) is 1.33. The Morgan fingerprint density at radius 2 is 2.10 bits per heavy atom. The lowest BCUT2D eigenvalue weighted by molar-refractivity contribution is 0.916. The highest BCUT2D eigenvalue weighted by Gasteiger charge is 1.96. The molecule has 1 aromatic heterocycles. The van der Waals surface area contributed by atoms with Gasteiger partial charge in [-0.3, -0.25) is 0 Å². The van der Waals surface area contributed by atoms with Crippen molar-refractivity contribution in [2.24, 2.45) is 0 Å². The first-order valence-electron chi connectivity index (χ1n) is 2.87. The van der Waals surface area contributed by atoms with E-state index in [9.17, 15) is 0 Å². The zero-order chi connectivity index (χ0) is 6.97. The van der Waals surface area contributed by atoms with Crippen LogP contribution >= 0.6 is 12.8 Å². The summed E-state index contributed by atoms with van der Waals surface area (Å²) in [6, 6.07) is 7.67. The van der Waals surface area contributed by atoms with Gasteiger partial charge in [0.2, 0.25) is 0 Å². The van der Waals surface area contributed by atoms with Crippen LogP contribution in [0.2, 0.25) is 0 Å². The third kappa shape index (κ3) is 0.690. The Kier molecular flexibility index (Phi) is 1.14. The largest absolute Gasteiger partial charge is 0.189 e. The van der Waals surface area contributed by atoms with Gasteiger partial charge in [-0.1, -0.05) is 17.3 Å². The average molecular weight is 151 g/mol. The first-order valence-corrected chi connectivity index (χ1v) is 3.27. The summed E-state index contributed by atoms with van der Waals surface area (Å²) in [5, 5.41) is 7.58. The molecule has 0 bridgehead atoms. The second-order valence-corrected chi connectivity index (χ2v) is 2.35. The molecule has 0 saturated heterocycles. The van der Waals surface area contributed by atoms with Gasteiger partial charge >= 0.3 is 0 Å². The zero-order valence-corrected chi connectivity index (χ0v) is 5.99. The molecule has 0 aliphatic carbocycles. The maximum atomic E-state index is 4.04. The van der Waals surface area contributed by atoms with E-state index in [-0.39, 0.29) is 0 Å². The van der Waals surface area contributed by atoms with Crippen LogP contribution in [0.25, 0.3) is 11.0 Å².